The number of rotatable bonds is 2. The van der Waals surface area contributed by atoms with E-state index in [-0.39, 0.29) is 0 Å². The summed E-state index contributed by atoms with van der Waals surface area (Å²) in [4.78, 5) is 2.56. The molecule has 0 radical (unpaired) electrons. The van der Waals surface area contributed by atoms with Gasteiger partial charge < -0.3 is 0 Å². The molecule has 94 valence electrons. The summed E-state index contributed by atoms with van der Waals surface area (Å²) in [6, 6.07) is 18.4. The van der Waals surface area contributed by atoms with Crippen LogP contribution in [-0.2, 0) is 0 Å². The molecule has 19 heavy (non-hydrogen) atoms. The van der Waals surface area contributed by atoms with Gasteiger partial charge in [0.05, 0.1) is 0 Å². The van der Waals surface area contributed by atoms with E-state index in [0.717, 1.165) is 5.02 Å². The molecule has 1 aliphatic heterocycles. The van der Waals surface area contributed by atoms with Gasteiger partial charge in [-0.1, -0.05) is 75.7 Å². The molecule has 0 unspecified atom stereocenters. The third-order valence-corrected chi connectivity index (χ3v) is 5.40. The third kappa shape index (κ3) is 3.27. The van der Waals surface area contributed by atoms with E-state index in [0.29, 0.717) is 0 Å². The highest BCUT2D eigenvalue weighted by Gasteiger charge is 2.12. The molecule has 0 saturated carbocycles. The maximum atomic E-state index is 5.91. The molecule has 0 saturated heterocycles. The van der Waals surface area contributed by atoms with Crippen molar-refractivity contribution in [2.75, 3.05) is 0 Å². The van der Waals surface area contributed by atoms with E-state index < -0.39 is 0 Å². The van der Waals surface area contributed by atoms with E-state index in [1.807, 2.05) is 18.2 Å². The summed E-state index contributed by atoms with van der Waals surface area (Å²) in [6.07, 6.45) is 4.44. The molecule has 0 N–H and O–H groups in total. The van der Waals surface area contributed by atoms with Crippen LogP contribution in [0.1, 0.15) is 11.1 Å². The summed E-state index contributed by atoms with van der Waals surface area (Å²) in [5, 5.41) is 0.778. The van der Waals surface area contributed by atoms with Gasteiger partial charge in [-0.2, -0.15) is 0 Å². The molecule has 0 fully saturated rings. The smallest absolute Gasteiger partial charge is 0.0406 e. The normalized spacial score (nSPS) is 16.7. The van der Waals surface area contributed by atoms with Gasteiger partial charge in [0.15, 0.2) is 0 Å². The van der Waals surface area contributed by atoms with E-state index in [1.165, 1.54) is 20.9 Å². The topological polar surface area (TPSA) is 0 Å². The molecule has 0 amide bonds. The van der Waals surface area contributed by atoms with Crippen molar-refractivity contribution in [1.29, 1.82) is 0 Å². The van der Waals surface area contributed by atoms with Gasteiger partial charge in [0.25, 0.3) is 0 Å². The third-order valence-electron chi connectivity index (χ3n) is 2.74. The van der Waals surface area contributed by atoms with Crippen LogP contribution in [0.25, 0.3) is 11.0 Å². The van der Waals surface area contributed by atoms with E-state index >= 15 is 0 Å². The Labute approximate surface area is 126 Å². The van der Waals surface area contributed by atoms with E-state index in [1.54, 1.807) is 21.6 Å². The van der Waals surface area contributed by atoms with Crippen LogP contribution in [0, 0.1) is 0 Å². The fourth-order valence-corrected chi connectivity index (χ4v) is 4.22. The van der Waals surface area contributed by atoms with Crippen LogP contribution < -0.4 is 0 Å². The van der Waals surface area contributed by atoms with E-state index in [9.17, 15) is 0 Å². The van der Waals surface area contributed by atoms with Gasteiger partial charge >= 0.3 is 0 Å². The highest BCUT2D eigenvalue weighted by Crippen LogP contribution is 2.49. The lowest BCUT2D eigenvalue weighted by molar-refractivity contribution is 1.64. The van der Waals surface area contributed by atoms with Gasteiger partial charge in [0.1, 0.15) is 0 Å². The first-order valence-electron chi connectivity index (χ1n) is 5.90. The summed E-state index contributed by atoms with van der Waals surface area (Å²) >= 11 is 5.91. The van der Waals surface area contributed by atoms with Crippen LogP contribution in [0.15, 0.2) is 65.6 Å². The molecule has 0 bridgehead atoms. The molecule has 3 rings (SSSR count). The van der Waals surface area contributed by atoms with Crippen LogP contribution in [0.2, 0.25) is 5.02 Å². The number of halogens is 1. The number of benzene rings is 2. The van der Waals surface area contributed by atoms with E-state index in [4.69, 9.17) is 11.6 Å². The van der Waals surface area contributed by atoms with Gasteiger partial charge in [0, 0.05) is 14.8 Å². The number of hydrogen-bond acceptors (Lipinski definition) is 2. The Morgan fingerprint density at radius 1 is 0.842 bits per heavy atom. The molecule has 1 heterocycles. The minimum Gasteiger partial charge on any atom is -0.0843 e. The fraction of sp³-hybridized carbons (Fsp3) is 0. The first-order chi connectivity index (χ1) is 9.31. The molecule has 0 aliphatic carbocycles. The van der Waals surface area contributed by atoms with Crippen molar-refractivity contribution in [3.63, 3.8) is 0 Å². The molecular formula is C16H11ClS2. The zero-order valence-electron chi connectivity index (χ0n) is 10.0. The standard InChI is InChI=1S/C16H11ClS2/c17-14-8-6-13(7-9-14)16-11-15(18-19-16)10-12-4-2-1-3-5-12/h1-11H/b15-10-. The second-order valence-corrected chi connectivity index (χ2v) is 6.82. The van der Waals surface area contributed by atoms with Crippen molar-refractivity contribution in [1.82, 2.24) is 0 Å². The predicted octanol–water partition coefficient (Wildman–Crippen LogP) is 6.12. The number of hydrogen-bond donors (Lipinski definition) is 0. The second-order valence-electron chi connectivity index (χ2n) is 4.14. The van der Waals surface area contributed by atoms with Gasteiger partial charge in [0.2, 0.25) is 0 Å². The highest BCUT2D eigenvalue weighted by molar-refractivity contribution is 8.82. The lowest BCUT2D eigenvalue weighted by Gasteiger charge is -1.98. The summed E-state index contributed by atoms with van der Waals surface area (Å²) in [5.41, 5.74) is 2.46. The first-order valence-corrected chi connectivity index (χ1v) is 8.43. The van der Waals surface area contributed by atoms with Gasteiger partial charge in [-0.25, -0.2) is 0 Å². The molecule has 3 heteroatoms. The highest BCUT2D eigenvalue weighted by atomic mass is 35.5. The average Bonchev–Trinajstić information content (AvgIpc) is 2.89. The Bertz CT molecular complexity index is 628. The summed E-state index contributed by atoms with van der Waals surface area (Å²) in [5.74, 6) is 0. The fourth-order valence-electron chi connectivity index (χ4n) is 1.80. The zero-order chi connectivity index (χ0) is 13.1. The first kappa shape index (κ1) is 12.9. The van der Waals surface area contributed by atoms with Crippen LogP contribution in [0.3, 0.4) is 0 Å². The number of allylic oxidation sites excluding steroid dienone is 1. The Kier molecular flexibility index (Phi) is 4.02. The predicted molar refractivity (Wildman–Crippen MR) is 89.0 cm³/mol. The lowest BCUT2D eigenvalue weighted by Crippen LogP contribution is -1.75. The van der Waals surface area contributed by atoms with Crippen molar-refractivity contribution in [3.05, 3.63) is 81.7 Å². The minimum absolute atomic E-state index is 0.778. The van der Waals surface area contributed by atoms with Crippen LogP contribution >= 0.6 is 33.2 Å². The summed E-state index contributed by atoms with van der Waals surface area (Å²) in [6.45, 7) is 0. The Hall–Kier alpha value is -1.09. The lowest BCUT2D eigenvalue weighted by atomic mass is 10.2. The quantitative estimate of drug-likeness (QED) is 0.613. The van der Waals surface area contributed by atoms with Crippen molar-refractivity contribution < 1.29 is 0 Å². The van der Waals surface area contributed by atoms with Gasteiger partial charge in [-0.15, -0.1) is 0 Å². The van der Waals surface area contributed by atoms with Crippen molar-refractivity contribution >= 4 is 44.2 Å². The van der Waals surface area contributed by atoms with Crippen molar-refractivity contribution in [3.8, 4) is 0 Å². The maximum Gasteiger partial charge on any atom is 0.0406 e. The largest absolute Gasteiger partial charge is 0.0843 e. The monoisotopic (exact) mass is 302 g/mol. The molecule has 0 spiro atoms. The zero-order valence-corrected chi connectivity index (χ0v) is 12.4. The maximum absolute atomic E-state index is 5.91. The summed E-state index contributed by atoms with van der Waals surface area (Å²) in [7, 11) is 3.59. The Morgan fingerprint density at radius 2 is 1.58 bits per heavy atom. The van der Waals surface area contributed by atoms with Gasteiger partial charge in [-0.3, -0.25) is 0 Å². The molecule has 1 aliphatic rings. The summed E-state index contributed by atoms with van der Waals surface area (Å²) < 4.78 is 0. The molecule has 0 nitrogen and oxygen atoms in total. The Morgan fingerprint density at radius 3 is 2.32 bits per heavy atom. The molecular weight excluding hydrogens is 292 g/mol. The van der Waals surface area contributed by atoms with Crippen LogP contribution in [0.5, 0.6) is 0 Å². The Balaban J connectivity index is 1.85. The van der Waals surface area contributed by atoms with Crippen molar-refractivity contribution in [2.24, 2.45) is 0 Å². The van der Waals surface area contributed by atoms with Crippen LogP contribution in [-0.4, -0.2) is 0 Å². The molecule has 2 aromatic rings. The minimum atomic E-state index is 0.778. The SMILES string of the molecule is Clc1ccc(C2=C/C(=C/c3ccccc3)SS2)cc1. The van der Waals surface area contributed by atoms with Crippen LogP contribution in [0.4, 0.5) is 0 Å². The molecule has 2 aromatic carbocycles. The second kappa shape index (κ2) is 5.91. The molecule has 0 aromatic heterocycles. The molecule has 0 atom stereocenters. The average molecular weight is 303 g/mol. The van der Waals surface area contributed by atoms with Gasteiger partial charge in [-0.05, 0) is 35.4 Å². The van der Waals surface area contributed by atoms with Crippen molar-refractivity contribution in [2.45, 2.75) is 0 Å². The van der Waals surface area contributed by atoms with E-state index in [2.05, 4.69) is 48.6 Å².